The molecule has 0 atom stereocenters. The van der Waals surface area contributed by atoms with Crippen molar-refractivity contribution in [2.24, 2.45) is 0 Å². The summed E-state index contributed by atoms with van der Waals surface area (Å²) >= 11 is 1.72. The Bertz CT molecular complexity index is 37.4. The second-order valence-corrected chi connectivity index (χ2v) is 2.47. The highest BCUT2D eigenvalue weighted by Gasteiger charge is 1.80. The molecule has 0 aliphatic carbocycles. The number of nitrogens with one attached hydrogen (secondary N) is 1. The molecule has 0 radical (unpaired) electrons. The van der Waals surface area contributed by atoms with Gasteiger partial charge in [0.15, 0.2) is 0 Å². The molecule has 2 nitrogen and oxygen atoms in total. The fraction of sp³-hybridized carbons (Fsp3) is 1.00. The quantitative estimate of drug-likeness (QED) is 0.447. The Balaban J connectivity index is 2.53. The summed E-state index contributed by atoms with van der Waals surface area (Å²) in [6, 6.07) is 0. The first-order valence-electron chi connectivity index (χ1n) is 2.75. The SMILES string of the molecule is CCSNCCOC. The van der Waals surface area contributed by atoms with E-state index in [4.69, 9.17) is 4.74 Å². The average Bonchev–Trinajstić information content (AvgIpc) is 1.81. The fourth-order valence-electron chi connectivity index (χ4n) is 0.318. The van der Waals surface area contributed by atoms with Crippen LogP contribution in [-0.4, -0.2) is 26.0 Å². The first kappa shape index (κ1) is 8.27. The lowest BCUT2D eigenvalue weighted by Crippen LogP contribution is -2.10. The monoisotopic (exact) mass is 135 g/mol. The topological polar surface area (TPSA) is 21.3 Å². The molecule has 0 rings (SSSR count). The van der Waals surface area contributed by atoms with Crippen LogP contribution in [0.1, 0.15) is 6.92 Å². The van der Waals surface area contributed by atoms with Gasteiger partial charge in [-0.1, -0.05) is 18.9 Å². The molecule has 0 spiro atoms. The minimum absolute atomic E-state index is 0.799. The summed E-state index contributed by atoms with van der Waals surface area (Å²) in [4.78, 5) is 0. The van der Waals surface area contributed by atoms with Crippen molar-refractivity contribution in [3.05, 3.63) is 0 Å². The van der Waals surface area contributed by atoms with Crippen LogP contribution in [0.3, 0.4) is 0 Å². The van der Waals surface area contributed by atoms with E-state index in [9.17, 15) is 0 Å². The molecule has 0 aliphatic rings. The van der Waals surface area contributed by atoms with Crippen molar-refractivity contribution in [2.75, 3.05) is 26.0 Å². The third-order valence-corrected chi connectivity index (χ3v) is 1.35. The lowest BCUT2D eigenvalue weighted by molar-refractivity contribution is 0.205. The third-order valence-electron chi connectivity index (χ3n) is 0.655. The van der Waals surface area contributed by atoms with Crippen LogP contribution < -0.4 is 4.72 Å². The van der Waals surface area contributed by atoms with Crippen LogP contribution in [0.15, 0.2) is 0 Å². The average molecular weight is 135 g/mol. The van der Waals surface area contributed by atoms with Crippen molar-refractivity contribution in [3.63, 3.8) is 0 Å². The molecule has 3 heteroatoms. The summed E-state index contributed by atoms with van der Waals surface area (Å²) in [6.07, 6.45) is 0. The van der Waals surface area contributed by atoms with Gasteiger partial charge in [0.2, 0.25) is 0 Å². The molecule has 0 saturated heterocycles. The number of ether oxygens (including phenoxy) is 1. The van der Waals surface area contributed by atoms with Gasteiger partial charge < -0.3 is 4.74 Å². The van der Waals surface area contributed by atoms with Gasteiger partial charge in [0.05, 0.1) is 6.61 Å². The zero-order valence-electron chi connectivity index (χ0n) is 5.44. The van der Waals surface area contributed by atoms with Crippen LogP contribution in [0.2, 0.25) is 0 Å². The molecule has 0 saturated carbocycles. The van der Waals surface area contributed by atoms with Crippen LogP contribution in [0.4, 0.5) is 0 Å². The van der Waals surface area contributed by atoms with Crippen molar-refractivity contribution in [1.29, 1.82) is 0 Å². The highest BCUT2D eigenvalue weighted by Crippen LogP contribution is 1.87. The molecular formula is C5H13NOS. The molecule has 8 heavy (non-hydrogen) atoms. The maximum atomic E-state index is 4.81. The van der Waals surface area contributed by atoms with E-state index in [1.807, 2.05) is 0 Å². The van der Waals surface area contributed by atoms with E-state index < -0.39 is 0 Å². The molecule has 0 aromatic rings. The summed E-state index contributed by atoms with van der Waals surface area (Å²) in [7, 11) is 1.71. The van der Waals surface area contributed by atoms with Gasteiger partial charge in [-0.2, -0.15) is 0 Å². The van der Waals surface area contributed by atoms with Crippen molar-refractivity contribution >= 4 is 11.9 Å². The molecule has 1 N–H and O–H groups in total. The second-order valence-electron chi connectivity index (χ2n) is 1.32. The van der Waals surface area contributed by atoms with Crippen LogP contribution in [0.5, 0.6) is 0 Å². The first-order valence-corrected chi connectivity index (χ1v) is 3.74. The number of hydrogen-bond acceptors (Lipinski definition) is 3. The Kier molecular flexibility index (Phi) is 7.52. The smallest absolute Gasteiger partial charge is 0.0596 e. The van der Waals surface area contributed by atoms with Crippen LogP contribution in [0.25, 0.3) is 0 Å². The third kappa shape index (κ3) is 6.27. The van der Waals surface area contributed by atoms with E-state index in [2.05, 4.69) is 11.6 Å². The Morgan fingerprint density at radius 3 is 2.88 bits per heavy atom. The van der Waals surface area contributed by atoms with Crippen molar-refractivity contribution in [2.45, 2.75) is 6.92 Å². The molecule has 0 amide bonds. The van der Waals surface area contributed by atoms with E-state index in [-0.39, 0.29) is 0 Å². The van der Waals surface area contributed by atoms with Gasteiger partial charge in [-0.3, -0.25) is 4.72 Å². The van der Waals surface area contributed by atoms with E-state index in [0.29, 0.717) is 0 Å². The zero-order valence-corrected chi connectivity index (χ0v) is 6.25. The molecular weight excluding hydrogens is 122 g/mol. The van der Waals surface area contributed by atoms with Crippen molar-refractivity contribution in [1.82, 2.24) is 4.72 Å². The van der Waals surface area contributed by atoms with Crippen LogP contribution in [-0.2, 0) is 4.74 Å². The van der Waals surface area contributed by atoms with Gasteiger partial charge in [-0.05, 0) is 0 Å². The zero-order chi connectivity index (χ0) is 6.24. The highest BCUT2D eigenvalue weighted by atomic mass is 32.2. The molecule has 0 fully saturated rings. The van der Waals surface area contributed by atoms with Crippen molar-refractivity contribution < 1.29 is 4.74 Å². The van der Waals surface area contributed by atoms with Gasteiger partial charge in [0.1, 0.15) is 0 Å². The van der Waals surface area contributed by atoms with Gasteiger partial charge >= 0.3 is 0 Å². The summed E-state index contributed by atoms with van der Waals surface area (Å²) in [5, 5.41) is 0. The Hall–Kier alpha value is 0.270. The normalized spacial score (nSPS) is 9.75. The van der Waals surface area contributed by atoms with E-state index in [1.165, 1.54) is 0 Å². The number of methoxy groups -OCH3 is 1. The Morgan fingerprint density at radius 1 is 1.62 bits per heavy atom. The molecule has 50 valence electrons. The Morgan fingerprint density at radius 2 is 2.38 bits per heavy atom. The predicted octanol–water partition coefficient (Wildman–Crippen LogP) is 0.890. The fourth-order valence-corrected chi connectivity index (χ4v) is 0.750. The lowest BCUT2D eigenvalue weighted by atomic mass is 10.7. The van der Waals surface area contributed by atoms with Gasteiger partial charge in [-0.15, -0.1) is 0 Å². The predicted molar refractivity (Wildman–Crippen MR) is 38.0 cm³/mol. The largest absolute Gasteiger partial charge is 0.383 e. The van der Waals surface area contributed by atoms with E-state index >= 15 is 0 Å². The van der Waals surface area contributed by atoms with Gasteiger partial charge in [0.25, 0.3) is 0 Å². The molecule has 0 bridgehead atoms. The first-order chi connectivity index (χ1) is 3.91. The maximum absolute atomic E-state index is 4.81. The second kappa shape index (κ2) is 7.27. The van der Waals surface area contributed by atoms with Crippen molar-refractivity contribution in [3.8, 4) is 0 Å². The van der Waals surface area contributed by atoms with E-state index in [1.54, 1.807) is 19.1 Å². The van der Waals surface area contributed by atoms with Crippen LogP contribution in [0, 0.1) is 0 Å². The lowest BCUT2D eigenvalue weighted by Gasteiger charge is -1.98. The highest BCUT2D eigenvalue weighted by molar-refractivity contribution is 7.97. The minimum atomic E-state index is 0.799. The molecule has 0 aromatic carbocycles. The standard InChI is InChI=1S/C5H13NOS/c1-3-8-6-4-5-7-2/h6H,3-5H2,1-2H3. The summed E-state index contributed by atoms with van der Waals surface area (Å²) in [5.74, 6) is 1.11. The molecule has 0 aliphatic heterocycles. The van der Waals surface area contributed by atoms with Gasteiger partial charge in [-0.25, -0.2) is 0 Å². The number of rotatable bonds is 5. The summed E-state index contributed by atoms with van der Waals surface area (Å²) in [6.45, 7) is 3.85. The molecule has 0 unspecified atom stereocenters. The van der Waals surface area contributed by atoms with Crippen LogP contribution >= 0.6 is 11.9 Å². The van der Waals surface area contributed by atoms with E-state index in [0.717, 1.165) is 18.9 Å². The van der Waals surface area contributed by atoms with Gasteiger partial charge in [0, 0.05) is 19.4 Å². The summed E-state index contributed by atoms with van der Waals surface area (Å²) < 4.78 is 7.94. The maximum Gasteiger partial charge on any atom is 0.0596 e. The molecule has 0 aromatic heterocycles. The Labute approximate surface area is 55.1 Å². The number of hydrogen-bond donors (Lipinski definition) is 1. The molecule has 0 heterocycles. The summed E-state index contributed by atoms with van der Waals surface area (Å²) in [5.41, 5.74) is 0. The minimum Gasteiger partial charge on any atom is -0.383 e.